The van der Waals surface area contributed by atoms with Crippen LogP contribution in [0.5, 0.6) is 5.75 Å². The minimum Gasteiger partial charge on any atom is -0.497 e. The van der Waals surface area contributed by atoms with E-state index in [1.54, 1.807) is 7.11 Å². The lowest BCUT2D eigenvalue weighted by atomic mass is 10.0. The third-order valence-electron chi connectivity index (χ3n) is 5.97. The van der Waals surface area contributed by atoms with Crippen molar-refractivity contribution < 1.29 is 9.53 Å². The Morgan fingerprint density at radius 3 is 2.41 bits per heavy atom. The molecule has 29 heavy (non-hydrogen) atoms. The van der Waals surface area contributed by atoms with Gasteiger partial charge in [0.1, 0.15) is 5.75 Å². The number of methoxy groups -OCH3 is 1. The topological polar surface area (TPSA) is 32.8 Å². The van der Waals surface area contributed by atoms with Crippen LogP contribution in [0, 0.1) is 13.8 Å². The van der Waals surface area contributed by atoms with Crippen LogP contribution in [0.1, 0.15) is 48.4 Å². The standard InChI is InChI=1S/C25H34N2O2/c1-5-15-26-18-23(8-6-7-21-11-13-24(29-4)14-12-21)27(25(26)28)17-22-10-9-19(2)20(3)16-22/h9-14,16,23H,5-8,15,17-18H2,1-4H3. The molecule has 0 aliphatic carbocycles. The highest BCUT2D eigenvalue weighted by Gasteiger charge is 2.36. The predicted molar refractivity (Wildman–Crippen MR) is 118 cm³/mol. The van der Waals surface area contributed by atoms with Gasteiger partial charge in [0.05, 0.1) is 13.2 Å². The maximum absolute atomic E-state index is 13.0. The molecule has 4 heteroatoms. The number of amides is 2. The molecule has 0 radical (unpaired) electrons. The lowest BCUT2D eigenvalue weighted by molar-refractivity contribution is 0.182. The van der Waals surface area contributed by atoms with Gasteiger partial charge in [-0.05, 0) is 73.9 Å². The van der Waals surface area contributed by atoms with Crippen LogP contribution in [0.15, 0.2) is 42.5 Å². The Morgan fingerprint density at radius 2 is 1.76 bits per heavy atom. The summed E-state index contributed by atoms with van der Waals surface area (Å²) in [7, 11) is 1.69. The maximum Gasteiger partial charge on any atom is 0.320 e. The van der Waals surface area contributed by atoms with Crippen molar-refractivity contribution in [1.82, 2.24) is 9.80 Å². The molecule has 2 aromatic carbocycles. The smallest absolute Gasteiger partial charge is 0.320 e. The Morgan fingerprint density at radius 1 is 1.03 bits per heavy atom. The van der Waals surface area contributed by atoms with Gasteiger partial charge in [0.2, 0.25) is 0 Å². The number of carbonyl (C=O) groups is 1. The lowest BCUT2D eigenvalue weighted by Crippen LogP contribution is -2.34. The zero-order valence-corrected chi connectivity index (χ0v) is 18.3. The van der Waals surface area contributed by atoms with Crippen molar-refractivity contribution in [3.63, 3.8) is 0 Å². The second-order valence-electron chi connectivity index (χ2n) is 8.17. The number of carbonyl (C=O) groups excluding carboxylic acids is 1. The zero-order valence-electron chi connectivity index (χ0n) is 18.3. The summed E-state index contributed by atoms with van der Waals surface area (Å²) in [6.07, 6.45) is 4.14. The number of aryl methyl sites for hydroxylation is 3. The molecule has 4 nitrogen and oxygen atoms in total. The molecular formula is C25H34N2O2. The van der Waals surface area contributed by atoms with Gasteiger partial charge in [0, 0.05) is 19.6 Å². The number of urea groups is 1. The van der Waals surface area contributed by atoms with Crippen LogP contribution in [0.3, 0.4) is 0 Å². The van der Waals surface area contributed by atoms with E-state index < -0.39 is 0 Å². The van der Waals surface area contributed by atoms with Crippen molar-refractivity contribution in [3.8, 4) is 5.75 Å². The number of benzene rings is 2. The largest absolute Gasteiger partial charge is 0.497 e. The van der Waals surface area contributed by atoms with Crippen LogP contribution in [-0.2, 0) is 13.0 Å². The fraction of sp³-hybridized carbons (Fsp3) is 0.480. The summed E-state index contributed by atoms with van der Waals surface area (Å²) >= 11 is 0. The number of ether oxygens (including phenoxy) is 1. The van der Waals surface area contributed by atoms with Gasteiger partial charge < -0.3 is 14.5 Å². The van der Waals surface area contributed by atoms with E-state index in [0.717, 1.165) is 44.5 Å². The first-order chi connectivity index (χ1) is 14.0. The third-order valence-corrected chi connectivity index (χ3v) is 5.97. The normalized spacial score (nSPS) is 16.6. The van der Waals surface area contributed by atoms with Gasteiger partial charge >= 0.3 is 6.03 Å². The Hall–Kier alpha value is -2.49. The van der Waals surface area contributed by atoms with E-state index in [0.29, 0.717) is 6.54 Å². The van der Waals surface area contributed by atoms with Gasteiger partial charge in [-0.1, -0.05) is 37.3 Å². The molecule has 1 heterocycles. The quantitative estimate of drug-likeness (QED) is 0.574. The van der Waals surface area contributed by atoms with Crippen molar-refractivity contribution in [2.75, 3.05) is 20.2 Å². The van der Waals surface area contributed by atoms with Gasteiger partial charge in [0.25, 0.3) is 0 Å². The summed E-state index contributed by atoms with van der Waals surface area (Å²) in [5.74, 6) is 0.893. The summed E-state index contributed by atoms with van der Waals surface area (Å²) in [6, 6.07) is 15.3. The monoisotopic (exact) mass is 394 g/mol. The summed E-state index contributed by atoms with van der Waals surface area (Å²) in [5.41, 5.74) is 5.13. The minimum absolute atomic E-state index is 0.194. The molecule has 0 aromatic heterocycles. The number of nitrogens with zero attached hydrogens (tertiary/aromatic N) is 2. The Labute approximate surface area is 175 Å². The molecule has 2 aromatic rings. The maximum atomic E-state index is 13.0. The predicted octanol–water partition coefficient (Wildman–Crippen LogP) is 5.35. The second kappa shape index (κ2) is 9.82. The zero-order chi connectivity index (χ0) is 20.8. The molecule has 1 atom stereocenters. The summed E-state index contributed by atoms with van der Waals surface area (Å²) in [5, 5.41) is 0. The van der Waals surface area contributed by atoms with Gasteiger partial charge in [-0.3, -0.25) is 0 Å². The molecular weight excluding hydrogens is 360 g/mol. The molecule has 156 valence electrons. The van der Waals surface area contributed by atoms with Crippen LogP contribution in [0.2, 0.25) is 0 Å². The average molecular weight is 395 g/mol. The number of rotatable bonds is 9. The van der Waals surface area contributed by atoms with Crippen LogP contribution >= 0.6 is 0 Å². The van der Waals surface area contributed by atoms with Gasteiger partial charge in [-0.2, -0.15) is 0 Å². The highest BCUT2D eigenvalue weighted by Crippen LogP contribution is 2.24. The number of hydrogen-bond donors (Lipinski definition) is 0. The number of hydrogen-bond acceptors (Lipinski definition) is 2. The molecule has 2 amide bonds. The first kappa shape index (κ1) is 21.2. The van der Waals surface area contributed by atoms with Gasteiger partial charge in [-0.25, -0.2) is 4.79 Å². The van der Waals surface area contributed by atoms with E-state index in [-0.39, 0.29) is 12.1 Å². The molecule has 1 aliphatic heterocycles. The van der Waals surface area contributed by atoms with Crippen LogP contribution < -0.4 is 4.74 Å². The van der Waals surface area contributed by atoms with E-state index in [1.807, 2.05) is 17.0 Å². The molecule has 1 fully saturated rings. The minimum atomic E-state index is 0.194. The van der Waals surface area contributed by atoms with Gasteiger partial charge in [0.15, 0.2) is 0 Å². The van der Waals surface area contributed by atoms with Crippen molar-refractivity contribution in [2.45, 2.75) is 59.0 Å². The highest BCUT2D eigenvalue weighted by molar-refractivity contribution is 5.77. The van der Waals surface area contributed by atoms with Gasteiger partial charge in [-0.15, -0.1) is 0 Å². The highest BCUT2D eigenvalue weighted by atomic mass is 16.5. The molecule has 0 N–H and O–H groups in total. The fourth-order valence-electron chi connectivity index (χ4n) is 4.10. The van der Waals surface area contributed by atoms with Crippen LogP contribution in [-0.4, -0.2) is 42.1 Å². The van der Waals surface area contributed by atoms with E-state index in [1.165, 1.54) is 22.3 Å². The van der Waals surface area contributed by atoms with E-state index in [9.17, 15) is 4.79 Å². The molecule has 0 spiro atoms. The van der Waals surface area contributed by atoms with Crippen molar-refractivity contribution >= 4 is 6.03 Å². The summed E-state index contributed by atoms with van der Waals surface area (Å²) in [6.45, 7) is 8.80. The average Bonchev–Trinajstić information content (AvgIpc) is 3.01. The Kier molecular flexibility index (Phi) is 7.18. The fourth-order valence-corrected chi connectivity index (χ4v) is 4.10. The van der Waals surface area contributed by atoms with Crippen LogP contribution in [0.25, 0.3) is 0 Å². The first-order valence-electron chi connectivity index (χ1n) is 10.8. The molecule has 1 saturated heterocycles. The van der Waals surface area contributed by atoms with E-state index in [2.05, 4.69) is 56.0 Å². The molecule has 3 rings (SSSR count). The van der Waals surface area contributed by atoms with Crippen molar-refractivity contribution in [3.05, 3.63) is 64.7 Å². The van der Waals surface area contributed by atoms with Crippen molar-refractivity contribution in [1.29, 1.82) is 0 Å². The molecule has 0 bridgehead atoms. The lowest BCUT2D eigenvalue weighted by Gasteiger charge is -2.24. The molecule has 1 unspecified atom stereocenters. The van der Waals surface area contributed by atoms with E-state index >= 15 is 0 Å². The third kappa shape index (κ3) is 5.31. The second-order valence-corrected chi connectivity index (χ2v) is 8.17. The molecule has 1 aliphatic rings. The van der Waals surface area contributed by atoms with E-state index in [4.69, 9.17) is 4.74 Å². The SMILES string of the molecule is CCCN1CC(CCCc2ccc(OC)cc2)N(Cc2ccc(C)c(C)c2)C1=O. The van der Waals surface area contributed by atoms with Crippen LogP contribution in [0.4, 0.5) is 4.79 Å². The Bertz CT molecular complexity index is 816. The van der Waals surface area contributed by atoms with Crippen molar-refractivity contribution in [2.24, 2.45) is 0 Å². The first-order valence-corrected chi connectivity index (χ1v) is 10.8. The Balaban J connectivity index is 1.64. The summed E-state index contributed by atoms with van der Waals surface area (Å²) in [4.78, 5) is 17.1. The molecule has 0 saturated carbocycles. The summed E-state index contributed by atoms with van der Waals surface area (Å²) < 4.78 is 5.24.